The molecule has 0 fully saturated rings. The fourth-order valence-electron chi connectivity index (χ4n) is 3.21. The van der Waals surface area contributed by atoms with E-state index in [2.05, 4.69) is 20.7 Å². The van der Waals surface area contributed by atoms with Crippen LogP contribution in [-0.2, 0) is 4.79 Å². The zero-order valence-electron chi connectivity index (χ0n) is 19.2. The number of hydrogen-bond donors (Lipinski definition) is 1. The lowest BCUT2D eigenvalue weighted by molar-refractivity contribution is -0.118. The van der Waals surface area contributed by atoms with Crippen molar-refractivity contribution in [2.75, 3.05) is 12.9 Å². The summed E-state index contributed by atoms with van der Waals surface area (Å²) in [7, 11) is 1.63. The molecular weight excluding hydrogens is 446 g/mol. The van der Waals surface area contributed by atoms with Crippen molar-refractivity contribution in [1.82, 2.24) is 20.2 Å². The zero-order valence-corrected chi connectivity index (χ0v) is 20.0. The fraction of sp³-hybridized carbons (Fsp3) is 0.154. The van der Waals surface area contributed by atoms with Crippen LogP contribution in [-0.4, -0.2) is 39.7 Å². The largest absolute Gasteiger partial charge is 0.497 e. The van der Waals surface area contributed by atoms with Gasteiger partial charge in [0.15, 0.2) is 11.0 Å². The SMILES string of the molecule is COc1ccc(-n2c(SCC(=O)NN=Cc3ccc(C)cc3)nnc2-c2ccc(C)cc2)cc1. The Balaban J connectivity index is 1.52. The quantitative estimate of drug-likeness (QED) is 0.227. The number of ether oxygens (including phenoxy) is 1. The standard InChI is InChI=1S/C26H25N5O2S/c1-18-4-8-20(9-5-18)16-27-28-24(32)17-34-26-30-29-25(21-10-6-19(2)7-11-21)31(26)22-12-14-23(33-3)15-13-22/h4-16H,17H2,1-3H3,(H,28,32). The van der Waals surface area contributed by atoms with Crippen LogP contribution >= 0.6 is 11.8 Å². The molecular formula is C26H25N5O2S. The molecule has 8 heteroatoms. The Morgan fingerprint density at radius 2 is 1.62 bits per heavy atom. The van der Waals surface area contributed by atoms with Crippen molar-refractivity contribution in [3.8, 4) is 22.8 Å². The minimum absolute atomic E-state index is 0.146. The predicted octanol–water partition coefficient (Wildman–Crippen LogP) is 4.80. The highest BCUT2D eigenvalue weighted by molar-refractivity contribution is 7.99. The molecule has 0 radical (unpaired) electrons. The third kappa shape index (κ3) is 5.71. The van der Waals surface area contributed by atoms with Crippen molar-refractivity contribution in [3.05, 3.63) is 89.5 Å². The molecule has 0 bridgehead atoms. The zero-order chi connectivity index (χ0) is 23.9. The van der Waals surface area contributed by atoms with Gasteiger partial charge in [-0.05, 0) is 43.7 Å². The van der Waals surface area contributed by atoms with Gasteiger partial charge in [-0.1, -0.05) is 71.4 Å². The Morgan fingerprint density at radius 3 is 2.26 bits per heavy atom. The average Bonchev–Trinajstić information content (AvgIpc) is 3.28. The molecule has 0 aliphatic heterocycles. The van der Waals surface area contributed by atoms with E-state index in [0.717, 1.165) is 28.1 Å². The van der Waals surface area contributed by atoms with E-state index in [0.29, 0.717) is 11.0 Å². The maximum atomic E-state index is 12.4. The number of amides is 1. The van der Waals surface area contributed by atoms with Gasteiger partial charge >= 0.3 is 0 Å². The van der Waals surface area contributed by atoms with Crippen molar-refractivity contribution in [3.63, 3.8) is 0 Å². The molecule has 1 N–H and O–H groups in total. The first-order valence-electron chi connectivity index (χ1n) is 10.7. The smallest absolute Gasteiger partial charge is 0.250 e. The Morgan fingerprint density at radius 1 is 0.971 bits per heavy atom. The number of aryl methyl sites for hydroxylation is 2. The third-order valence-corrected chi connectivity index (χ3v) is 6.02. The number of rotatable bonds is 8. The molecule has 0 aliphatic rings. The van der Waals surface area contributed by atoms with E-state index in [1.54, 1.807) is 13.3 Å². The summed E-state index contributed by atoms with van der Waals surface area (Å²) in [6, 6.07) is 23.6. The van der Waals surface area contributed by atoms with Crippen LogP contribution in [0, 0.1) is 13.8 Å². The van der Waals surface area contributed by atoms with Gasteiger partial charge in [0.1, 0.15) is 5.75 Å². The lowest BCUT2D eigenvalue weighted by Gasteiger charge is -2.11. The molecule has 7 nitrogen and oxygen atoms in total. The predicted molar refractivity (Wildman–Crippen MR) is 136 cm³/mol. The molecule has 4 rings (SSSR count). The Hall–Kier alpha value is -3.91. The van der Waals surface area contributed by atoms with Gasteiger partial charge in [0, 0.05) is 11.3 Å². The second-order valence-electron chi connectivity index (χ2n) is 7.70. The second-order valence-corrected chi connectivity index (χ2v) is 8.64. The molecule has 0 spiro atoms. The number of hydrazone groups is 1. The Bertz CT molecular complexity index is 1280. The maximum absolute atomic E-state index is 12.4. The topological polar surface area (TPSA) is 81.4 Å². The number of thioether (sulfide) groups is 1. The molecule has 1 aromatic heterocycles. The van der Waals surface area contributed by atoms with E-state index >= 15 is 0 Å². The second kappa shape index (κ2) is 10.8. The highest BCUT2D eigenvalue weighted by Crippen LogP contribution is 2.29. The normalized spacial score (nSPS) is 11.0. The van der Waals surface area contributed by atoms with Crippen molar-refractivity contribution in [1.29, 1.82) is 0 Å². The van der Waals surface area contributed by atoms with Gasteiger partial charge in [-0.15, -0.1) is 10.2 Å². The number of hydrogen-bond acceptors (Lipinski definition) is 6. The van der Waals surface area contributed by atoms with E-state index in [-0.39, 0.29) is 11.7 Å². The minimum atomic E-state index is -0.227. The van der Waals surface area contributed by atoms with E-state index in [1.165, 1.54) is 17.3 Å². The van der Waals surface area contributed by atoms with Crippen LogP contribution in [0.5, 0.6) is 5.75 Å². The molecule has 0 aliphatic carbocycles. The molecule has 4 aromatic rings. The van der Waals surface area contributed by atoms with Crippen LogP contribution in [0.2, 0.25) is 0 Å². The Labute approximate surface area is 202 Å². The summed E-state index contributed by atoms with van der Waals surface area (Å²) in [5.41, 5.74) is 7.64. The maximum Gasteiger partial charge on any atom is 0.250 e. The van der Waals surface area contributed by atoms with E-state index in [1.807, 2.05) is 91.2 Å². The summed E-state index contributed by atoms with van der Waals surface area (Å²) in [5.74, 6) is 1.38. The highest BCUT2D eigenvalue weighted by Gasteiger charge is 2.17. The van der Waals surface area contributed by atoms with Crippen LogP contribution in [0.4, 0.5) is 0 Å². The molecule has 3 aromatic carbocycles. The molecule has 34 heavy (non-hydrogen) atoms. The minimum Gasteiger partial charge on any atom is -0.497 e. The van der Waals surface area contributed by atoms with Gasteiger partial charge in [0.25, 0.3) is 5.91 Å². The summed E-state index contributed by atoms with van der Waals surface area (Å²) in [4.78, 5) is 12.4. The summed E-state index contributed by atoms with van der Waals surface area (Å²) >= 11 is 1.30. The molecule has 0 saturated heterocycles. The van der Waals surface area contributed by atoms with Crippen LogP contribution in [0.15, 0.2) is 83.1 Å². The fourth-order valence-corrected chi connectivity index (χ4v) is 3.96. The molecule has 1 amide bonds. The average molecular weight is 472 g/mol. The number of carbonyl (C=O) groups is 1. The van der Waals surface area contributed by atoms with E-state index in [9.17, 15) is 4.79 Å². The molecule has 1 heterocycles. The monoisotopic (exact) mass is 471 g/mol. The first-order chi connectivity index (χ1) is 16.5. The van der Waals surface area contributed by atoms with Gasteiger partial charge in [-0.25, -0.2) is 5.43 Å². The van der Waals surface area contributed by atoms with E-state index < -0.39 is 0 Å². The lowest BCUT2D eigenvalue weighted by Crippen LogP contribution is -2.20. The van der Waals surface area contributed by atoms with Crippen LogP contribution in [0.25, 0.3) is 17.1 Å². The first kappa shape index (κ1) is 23.3. The molecule has 0 saturated carbocycles. The number of aromatic nitrogens is 3. The summed E-state index contributed by atoms with van der Waals surface area (Å²) in [6.45, 7) is 4.06. The van der Waals surface area contributed by atoms with Crippen LogP contribution in [0.1, 0.15) is 16.7 Å². The summed E-state index contributed by atoms with van der Waals surface area (Å²) < 4.78 is 7.23. The number of nitrogens with one attached hydrogen (secondary N) is 1. The van der Waals surface area contributed by atoms with Crippen molar-refractivity contribution >= 4 is 23.9 Å². The lowest BCUT2D eigenvalue weighted by atomic mass is 10.1. The molecule has 0 unspecified atom stereocenters. The number of benzene rings is 3. The summed E-state index contributed by atoms with van der Waals surface area (Å²) in [5, 5.41) is 13.4. The van der Waals surface area contributed by atoms with Crippen LogP contribution in [0.3, 0.4) is 0 Å². The summed E-state index contributed by atoms with van der Waals surface area (Å²) in [6.07, 6.45) is 1.62. The van der Waals surface area contributed by atoms with Gasteiger partial charge in [-0.3, -0.25) is 9.36 Å². The van der Waals surface area contributed by atoms with Crippen molar-refractivity contribution in [2.45, 2.75) is 19.0 Å². The third-order valence-electron chi connectivity index (χ3n) is 5.09. The van der Waals surface area contributed by atoms with Gasteiger partial charge in [0.2, 0.25) is 0 Å². The number of nitrogens with zero attached hydrogens (tertiary/aromatic N) is 4. The van der Waals surface area contributed by atoms with Gasteiger partial charge in [-0.2, -0.15) is 5.10 Å². The van der Waals surface area contributed by atoms with Gasteiger partial charge < -0.3 is 4.74 Å². The number of carbonyl (C=O) groups excluding carboxylic acids is 1. The van der Waals surface area contributed by atoms with Crippen molar-refractivity contribution in [2.24, 2.45) is 5.10 Å². The molecule has 0 atom stereocenters. The van der Waals surface area contributed by atoms with Crippen LogP contribution < -0.4 is 10.2 Å². The van der Waals surface area contributed by atoms with E-state index in [4.69, 9.17) is 4.74 Å². The highest BCUT2D eigenvalue weighted by atomic mass is 32.2. The van der Waals surface area contributed by atoms with Gasteiger partial charge in [0.05, 0.1) is 19.1 Å². The van der Waals surface area contributed by atoms with Crippen molar-refractivity contribution < 1.29 is 9.53 Å². The molecule has 172 valence electrons. The Kier molecular flexibility index (Phi) is 7.39. The first-order valence-corrected chi connectivity index (χ1v) is 11.7. The number of methoxy groups -OCH3 is 1.